The minimum absolute atomic E-state index is 0.0362. The number of aryl methyl sites for hydroxylation is 1. The van der Waals surface area contributed by atoms with E-state index < -0.39 is 15.5 Å². The summed E-state index contributed by atoms with van der Waals surface area (Å²) >= 11 is 0. The van der Waals surface area contributed by atoms with Crippen molar-refractivity contribution in [3.8, 4) is 0 Å². The van der Waals surface area contributed by atoms with E-state index in [0.29, 0.717) is 12.3 Å². The molecule has 2 aliphatic rings. The van der Waals surface area contributed by atoms with E-state index in [2.05, 4.69) is 13.8 Å². The van der Waals surface area contributed by atoms with Crippen molar-refractivity contribution in [1.29, 1.82) is 0 Å². The summed E-state index contributed by atoms with van der Waals surface area (Å²) in [5, 5.41) is 0. The highest BCUT2D eigenvalue weighted by molar-refractivity contribution is 7.86. The Hall–Kier alpha value is -1.20. The maximum absolute atomic E-state index is 12.4. The van der Waals surface area contributed by atoms with E-state index in [-0.39, 0.29) is 22.7 Å². The predicted octanol–water partition coefficient (Wildman–Crippen LogP) is 3.10. The Bertz CT molecular complexity index is 703. The lowest BCUT2D eigenvalue weighted by Gasteiger charge is -2.35. The summed E-state index contributed by atoms with van der Waals surface area (Å²) in [6, 6.07) is 6.57. The third kappa shape index (κ3) is 2.14. The van der Waals surface area contributed by atoms with Crippen molar-refractivity contribution in [3.63, 3.8) is 0 Å². The molecule has 5 heteroatoms. The quantitative estimate of drug-likeness (QED) is 0.799. The van der Waals surface area contributed by atoms with Crippen LogP contribution >= 0.6 is 0 Å². The van der Waals surface area contributed by atoms with Gasteiger partial charge in [-0.05, 0) is 43.2 Å². The lowest BCUT2D eigenvalue weighted by molar-refractivity contribution is -0.131. The Balaban J connectivity index is 1.83. The normalized spacial score (nSPS) is 30.0. The van der Waals surface area contributed by atoms with Gasteiger partial charge in [0.1, 0.15) is 5.78 Å². The van der Waals surface area contributed by atoms with Gasteiger partial charge in [0.2, 0.25) is 0 Å². The number of ketones is 1. The summed E-state index contributed by atoms with van der Waals surface area (Å²) in [4.78, 5) is 12.5. The zero-order chi connectivity index (χ0) is 16.2. The lowest BCUT2D eigenvalue weighted by atomic mass is 9.69. The molecule has 0 saturated heterocycles. The zero-order valence-corrected chi connectivity index (χ0v) is 14.1. The standard InChI is InChI=1S/C17H22O4S/c1-12-4-6-14(7-5-12)22(19,20)21-11-17-9-8-13(10-15(17)18)16(17,2)3/h4-7,13H,8-11H2,1-3H3. The fourth-order valence-corrected chi connectivity index (χ4v) is 5.02. The average molecular weight is 322 g/mol. The summed E-state index contributed by atoms with van der Waals surface area (Å²) < 4.78 is 30.0. The highest BCUT2D eigenvalue weighted by Gasteiger charge is 2.64. The molecule has 0 radical (unpaired) electrons. The van der Waals surface area contributed by atoms with Crippen LogP contribution in [0.5, 0.6) is 0 Å². The monoisotopic (exact) mass is 322 g/mol. The van der Waals surface area contributed by atoms with Crippen LogP contribution in [0.25, 0.3) is 0 Å². The first-order valence-electron chi connectivity index (χ1n) is 7.68. The van der Waals surface area contributed by atoms with Crippen molar-refractivity contribution >= 4 is 15.9 Å². The lowest BCUT2D eigenvalue weighted by Crippen LogP contribution is -2.40. The second-order valence-electron chi connectivity index (χ2n) is 7.20. The molecule has 3 rings (SSSR count). The minimum Gasteiger partial charge on any atom is -0.299 e. The average Bonchev–Trinajstić information content (AvgIpc) is 2.80. The molecule has 0 N–H and O–H groups in total. The number of fused-ring (bicyclic) bond motifs is 2. The fourth-order valence-electron chi connectivity index (χ4n) is 4.06. The van der Waals surface area contributed by atoms with Crippen LogP contribution in [0.15, 0.2) is 29.2 Å². The third-order valence-corrected chi connectivity index (χ3v) is 7.19. The van der Waals surface area contributed by atoms with Crippen molar-refractivity contribution in [2.45, 2.75) is 44.9 Å². The zero-order valence-electron chi connectivity index (χ0n) is 13.3. The first-order chi connectivity index (χ1) is 10.2. The van der Waals surface area contributed by atoms with Gasteiger partial charge in [-0.25, -0.2) is 0 Å². The summed E-state index contributed by atoms with van der Waals surface area (Å²) in [5.41, 5.74) is 0.158. The molecule has 2 bridgehead atoms. The van der Waals surface area contributed by atoms with Gasteiger partial charge in [0.25, 0.3) is 10.1 Å². The molecular formula is C17H22O4S. The minimum atomic E-state index is -3.82. The summed E-state index contributed by atoms with van der Waals surface area (Å²) in [5.74, 6) is 0.513. The number of rotatable bonds is 4. The number of Topliss-reactive ketones (excluding diaryl/α,β-unsaturated/α-hetero) is 1. The van der Waals surface area contributed by atoms with Crippen molar-refractivity contribution in [2.24, 2.45) is 16.7 Å². The van der Waals surface area contributed by atoms with E-state index >= 15 is 0 Å². The van der Waals surface area contributed by atoms with Crippen molar-refractivity contribution < 1.29 is 17.4 Å². The molecule has 0 amide bonds. The molecule has 2 aliphatic carbocycles. The van der Waals surface area contributed by atoms with E-state index in [4.69, 9.17) is 4.18 Å². The molecule has 2 saturated carbocycles. The smallest absolute Gasteiger partial charge is 0.297 e. The van der Waals surface area contributed by atoms with Gasteiger partial charge in [-0.3, -0.25) is 8.98 Å². The summed E-state index contributed by atoms with van der Waals surface area (Å²) in [6.07, 6.45) is 2.26. The van der Waals surface area contributed by atoms with E-state index in [9.17, 15) is 13.2 Å². The van der Waals surface area contributed by atoms with Crippen LogP contribution in [0, 0.1) is 23.7 Å². The van der Waals surface area contributed by atoms with Gasteiger partial charge in [0.15, 0.2) is 0 Å². The maximum atomic E-state index is 12.4. The second-order valence-corrected chi connectivity index (χ2v) is 8.81. The summed E-state index contributed by atoms with van der Waals surface area (Å²) in [6.45, 7) is 6.00. The number of carbonyl (C=O) groups excluding carboxylic acids is 1. The molecular weight excluding hydrogens is 300 g/mol. The largest absolute Gasteiger partial charge is 0.299 e. The van der Waals surface area contributed by atoms with E-state index in [0.717, 1.165) is 18.4 Å². The topological polar surface area (TPSA) is 60.4 Å². The Morgan fingerprint density at radius 1 is 1.23 bits per heavy atom. The molecule has 1 aromatic rings. The Morgan fingerprint density at radius 2 is 1.86 bits per heavy atom. The van der Waals surface area contributed by atoms with Gasteiger partial charge in [-0.1, -0.05) is 31.5 Å². The molecule has 0 aliphatic heterocycles. The molecule has 2 fully saturated rings. The van der Waals surface area contributed by atoms with Crippen molar-refractivity contribution in [1.82, 2.24) is 0 Å². The molecule has 0 heterocycles. The Kier molecular flexibility index (Phi) is 3.49. The molecule has 120 valence electrons. The number of carbonyl (C=O) groups is 1. The van der Waals surface area contributed by atoms with Crippen molar-refractivity contribution in [2.75, 3.05) is 6.61 Å². The van der Waals surface area contributed by atoms with Gasteiger partial charge in [-0.15, -0.1) is 0 Å². The molecule has 22 heavy (non-hydrogen) atoms. The fraction of sp³-hybridized carbons (Fsp3) is 0.588. The summed E-state index contributed by atoms with van der Waals surface area (Å²) in [7, 11) is -3.82. The first-order valence-corrected chi connectivity index (χ1v) is 9.09. The van der Waals surface area contributed by atoms with Crippen LogP contribution in [0.4, 0.5) is 0 Å². The van der Waals surface area contributed by atoms with Crippen LogP contribution in [0.1, 0.15) is 38.7 Å². The maximum Gasteiger partial charge on any atom is 0.297 e. The third-order valence-electron chi connectivity index (χ3n) is 5.91. The van der Waals surface area contributed by atoms with Gasteiger partial charge >= 0.3 is 0 Å². The number of hydrogen-bond donors (Lipinski definition) is 0. The highest BCUT2D eigenvalue weighted by atomic mass is 32.2. The van der Waals surface area contributed by atoms with Crippen LogP contribution in [-0.2, 0) is 19.1 Å². The van der Waals surface area contributed by atoms with Gasteiger partial charge in [0, 0.05) is 6.42 Å². The number of benzene rings is 1. The second kappa shape index (κ2) is 4.90. The first kappa shape index (κ1) is 15.7. The van der Waals surface area contributed by atoms with Crippen LogP contribution in [-0.4, -0.2) is 20.8 Å². The van der Waals surface area contributed by atoms with Gasteiger partial charge in [-0.2, -0.15) is 8.42 Å². The molecule has 1 aromatic carbocycles. The SMILES string of the molecule is Cc1ccc(S(=O)(=O)OCC23CCC(CC2=O)C3(C)C)cc1. The molecule has 2 unspecified atom stereocenters. The molecule has 0 spiro atoms. The molecule has 0 aromatic heterocycles. The predicted molar refractivity (Wildman–Crippen MR) is 82.9 cm³/mol. The van der Waals surface area contributed by atoms with Crippen LogP contribution in [0.2, 0.25) is 0 Å². The van der Waals surface area contributed by atoms with Crippen LogP contribution in [0.3, 0.4) is 0 Å². The Labute approximate surface area is 132 Å². The van der Waals surface area contributed by atoms with Crippen LogP contribution < -0.4 is 0 Å². The van der Waals surface area contributed by atoms with Gasteiger partial charge in [0.05, 0.1) is 16.9 Å². The molecule has 4 nitrogen and oxygen atoms in total. The highest BCUT2D eigenvalue weighted by Crippen LogP contribution is 2.64. The van der Waals surface area contributed by atoms with E-state index in [1.165, 1.54) is 0 Å². The van der Waals surface area contributed by atoms with Crippen molar-refractivity contribution in [3.05, 3.63) is 29.8 Å². The van der Waals surface area contributed by atoms with E-state index in [1.807, 2.05) is 6.92 Å². The van der Waals surface area contributed by atoms with E-state index in [1.54, 1.807) is 24.3 Å². The number of hydrogen-bond acceptors (Lipinski definition) is 4. The molecule has 2 atom stereocenters. The Morgan fingerprint density at radius 3 is 2.36 bits per heavy atom. The van der Waals surface area contributed by atoms with Gasteiger partial charge < -0.3 is 0 Å².